The van der Waals surface area contributed by atoms with E-state index in [4.69, 9.17) is 0 Å². The van der Waals surface area contributed by atoms with Gasteiger partial charge in [-0.25, -0.2) is 4.98 Å². The minimum Gasteiger partial charge on any atom is -0.348 e. The molecule has 2 aromatic heterocycles. The Labute approximate surface area is 237 Å². The number of fused-ring (bicyclic) bond motifs is 3. The Morgan fingerprint density at radius 2 is 1.65 bits per heavy atom. The lowest BCUT2D eigenvalue weighted by atomic mass is 10.0. The quantitative estimate of drug-likeness (QED) is 0.240. The first-order valence-corrected chi connectivity index (χ1v) is 14.7. The Morgan fingerprint density at radius 3 is 2.52 bits per heavy atom. The van der Waals surface area contributed by atoms with Crippen molar-refractivity contribution in [3.8, 4) is 16.8 Å². The molecular weight excluding hydrogens is 512 g/mol. The molecular formula is C34H30N4OS. The van der Waals surface area contributed by atoms with Crippen LogP contribution in [0.25, 0.3) is 37.0 Å². The van der Waals surface area contributed by atoms with Gasteiger partial charge in [-0.05, 0) is 47.7 Å². The van der Waals surface area contributed by atoms with Crippen molar-refractivity contribution in [3.05, 3.63) is 121 Å². The Bertz CT molecular complexity index is 1800. The number of hydrogen-bond acceptors (Lipinski definition) is 4. The molecule has 0 unspecified atom stereocenters. The summed E-state index contributed by atoms with van der Waals surface area (Å²) < 4.78 is 4.47. The lowest BCUT2D eigenvalue weighted by Gasteiger charge is -2.32. The van der Waals surface area contributed by atoms with Gasteiger partial charge in [-0.2, -0.15) is 0 Å². The number of amides is 1. The van der Waals surface area contributed by atoms with Gasteiger partial charge in [0.1, 0.15) is 5.69 Å². The Morgan fingerprint density at radius 1 is 0.875 bits per heavy atom. The maximum atomic E-state index is 13.4. The van der Waals surface area contributed by atoms with Crippen LogP contribution in [0.4, 0.5) is 0 Å². The van der Waals surface area contributed by atoms with E-state index in [1.54, 1.807) is 12.5 Å². The third kappa shape index (κ3) is 4.81. The van der Waals surface area contributed by atoms with Gasteiger partial charge in [0.05, 0.1) is 12.5 Å². The third-order valence-corrected chi connectivity index (χ3v) is 9.10. The molecule has 6 heteroatoms. The molecule has 198 valence electrons. The van der Waals surface area contributed by atoms with E-state index in [0.717, 1.165) is 43.7 Å². The highest BCUT2D eigenvalue weighted by molar-refractivity contribution is 7.26. The van der Waals surface area contributed by atoms with Crippen molar-refractivity contribution in [1.82, 2.24) is 19.8 Å². The molecule has 1 N–H and O–H groups in total. The average Bonchev–Trinajstić information content (AvgIpc) is 3.64. The molecule has 1 amide bonds. The topological polar surface area (TPSA) is 50.2 Å². The van der Waals surface area contributed by atoms with Gasteiger partial charge < -0.3 is 5.32 Å². The Hall–Kier alpha value is -4.26. The van der Waals surface area contributed by atoms with Gasteiger partial charge in [0, 0.05) is 51.5 Å². The molecule has 0 bridgehead atoms. The normalized spacial score (nSPS) is 14.6. The van der Waals surface area contributed by atoms with E-state index in [9.17, 15) is 4.79 Å². The van der Waals surface area contributed by atoms with Crippen molar-refractivity contribution in [2.75, 3.05) is 13.1 Å². The molecule has 1 aliphatic rings. The summed E-state index contributed by atoms with van der Waals surface area (Å²) in [5, 5.41) is 5.85. The fourth-order valence-electron chi connectivity index (χ4n) is 5.80. The van der Waals surface area contributed by atoms with E-state index < -0.39 is 0 Å². The molecule has 0 aliphatic carbocycles. The Balaban J connectivity index is 1.09. The number of nitrogens with one attached hydrogen (secondary N) is 1. The molecule has 0 radical (unpaired) electrons. The van der Waals surface area contributed by atoms with E-state index in [2.05, 4.69) is 106 Å². The smallest absolute Gasteiger partial charge is 0.270 e. The van der Waals surface area contributed by atoms with Crippen LogP contribution in [0.5, 0.6) is 0 Å². The molecule has 0 atom stereocenters. The molecule has 1 saturated heterocycles. The fourth-order valence-corrected chi connectivity index (χ4v) is 7.04. The maximum Gasteiger partial charge on any atom is 0.270 e. The molecule has 6 aromatic rings. The first-order valence-electron chi connectivity index (χ1n) is 13.8. The highest BCUT2D eigenvalue weighted by Crippen LogP contribution is 2.40. The first-order chi connectivity index (χ1) is 19.7. The lowest BCUT2D eigenvalue weighted by Crippen LogP contribution is -2.44. The van der Waals surface area contributed by atoms with Crippen molar-refractivity contribution in [2.24, 2.45) is 0 Å². The van der Waals surface area contributed by atoms with Gasteiger partial charge in [-0.3, -0.25) is 14.3 Å². The lowest BCUT2D eigenvalue weighted by molar-refractivity contribution is 0.0902. The van der Waals surface area contributed by atoms with Crippen LogP contribution in [0.3, 0.4) is 0 Å². The summed E-state index contributed by atoms with van der Waals surface area (Å²) in [5.41, 5.74) is 5.15. The summed E-state index contributed by atoms with van der Waals surface area (Å²) in [6, 6.07) is 34.2. The highest BCUT2D eigenvalue weighted by Gasteiger charge is 2.23. The van der Waals surface area contributed by atoms with Crippen LogP contribution in [0.15, 0.2) is 110 Å². The average molecular weight is 543 g/mol. The number of likely N-dealkylation sites (tertiary alicyclic amines) is 1. The fraction of sp³-hybridized carbons (Fsp3) is 0.176. The van der Waals surface area contributed by atoms with E-state index in [0.29, 0.717) is 5.69 Å². The number of thiophene rings is 1. The van der Waals surface area contributed by atoms with Gasteiger partial charge in [-0.15, -0.1) is 11.3 Å². The molecule has 7 rings (SSSR count). The SMILES string of the molecule is O=C(NC1CCN(Cc2ccccc2)CC1)c1cncn1-c1cccc(-c2cccc3c2sc2ccccc23)c1. The number of carbonyl (C=O) groups excluding carboxylic acids is 1. The molecule has 3 heterocycles. The van der Waals surface area contributed by atoms with Crippen molar-refractivity contribution in [2.45, 2.75) is 25.4 Å². The maximum absolute atomic E-state index is 13.4. The van der Waals surface area contributed by atoms with Crippen LogP contribution in [0.2, 0.25) is 0 Å². The summed E-state index contributed by atoms with van der Waals surface area (Å²) in [4.78, 5) is 20.2. The molecule has 1 fully saturated rings. The zero-order chi connectivity index (χ0) is 26.9. The molecule has 40 heavy (non-hydrogen) atoms. The van der Waals surface area contributed by atoms with Gasteiger partial charge >= 0.3 is 0 Å². The molecule has 5 nitrogen and oxygen atoms in total. The predicted octanol–water partition coefficient (Wildman–Crippen LogP) is 7.30. The van der Waals surface area contributed by atoms with Crippen LogP contribution in [-0.4, -0.2) is 39.5 Å². The zero-order valence-corrected chi connectivity index (χ0v) is 23.0. The standard InChI is InChI=1S/C34H30N4OS/c39-34(36-26-16-18-37(19-17-26)22-24-8-2-1-3-9-24)31-21-35-23-38(31)27-11-6-10-25(20-27)28-13-7-14-30-29-12-4-5-15-32(29)40-33(28)30/h1-15,20-21,23,26H,16-19,22H2,(H,36,39). The van der Waals surface area contributed by atoms with E-state index in [-0.39, 0.29) is 11.9 Å². The van der Waals surface area contributed by atoms with Crippen molar-refractivity contribution < 1.29 is 4.79 Å². The minimum absolute atomic E-state index is 0.0731. The summed E-state index contributed by atoms with van der Waals surface area (Å²) in [6.07, 6.45) is 5.29. The summed E-state index contributed by atoms with van der Waals surface area (Å²) >= 11 is 1.83. The van der Waals surface area contributed by atoms with Gasteiger partial charge in [0.2, 0.25) is 0 Å². The zero-order valence-electron chi connectivity index (χ0n) is 22.2. The van der Waals surface area contributed by atoms with Crippen LogP contribution >= 0.6 is 11.3 Å². The monoisotopic (exact) mass is 542 g/mol. The third-order valence-electron chi connectivity index (χ3n) is 7.88. The van der Waals surface area contributed by atoms with E-state index >= 15 is 0 Å². The van der Waals surface area contributed by atoms with Gasteiger partial charge in [-0.1, -0.05) is 78.9 Å². The van der Waals surface area contributed by atoms with Crippen molar-refractivity contribution in [1.29, 1.82) is 0 Å². The van der Waals surface area contributed by atoms with Gasteiger partial charge in [0.15, 0.2) is 0 Å². The Kier molecular flexibility index (Phi) is 6.63. The summed E-state index contributed by atoms with van der Waals surface area (Å²) in [7, 11) is 0. The summed E-state index contributed by atoms with van der Waals surface area (Å²) in [5.74, 6) is -0.0731. The second-order valence-electron chi connectivity index (χ2n) is 10.5. The van der Waals surface area contributed by atoms with Crippen molar-refractivity contribution in [3.63, 3.8) is 0 Å². The van der Waals surface area contributed by atoms with E-state index in [1.165, 1.54) is 31.3 Å². The highest BCUT2D eigenvalue weighted by atomic mass is 32.1. The number of rotatable bonds is 6. The minimum atomic E-state index is -0.0731. The molecule has 0 saturated carbocycles. The number of piperidine rings is 1. The van der Waals surface area contributed by atoms with Crippen LogP contribution < -0.4 is 5.32 Å². The number of nitrogens with zero attached hydrogens (tertiary/aromatic N) is 3. The van der Waals surface area contributed by atoms with Crippen molar-refractivity contribution >= 4 is 37.4 Å². The molecule has 0 spiro atoms. The number of imidazole rings is 1. The second kappa shape index (κ2) is 10.7. The largest absolute Gasteiger partial charge is 0.348 e. The van der Waals surface area contributed by atoms with Crippen LogP contribution in [0.1, 0.15) is 28.9 Å². The van der Waals surface area contributed by atoms with Crippen LogP contribution in [0, 0.1) is 0 Å². The van der Waals surface area contributed by atoms with E-state index in [1.807, 2.05) is 22.0 Å². The number of carbonyl (C=O) groups is 1. The first kappa shape index (κ1) is 24.8. The van der Waals surface area contributed by atoms with Crippen LogP contribution in [-0.2, 0) is 6.54 Å². The number of benzene rings is 4. The number of aromatic nitrogens is 2. The number of hydrogen-bond donors (Lipinski definition) is 1. The molecule has 1 aliphatic heterocycles. The summed E-state index contributed by atoms with van der Waals surface area (Å²) in [6.45, 7) is 2.91. The van der Waals surface area contributed by atoms with Gasteiger partial charge in [0.25, 0.3) is 5.91 Å². The predicted molar refractivity (Wildman–Crippen MR) is 164 cm³/mol. The molecule has 4 aromatic carbocycles. The second-order valence-corrected chi connectivity index (χ2v) is 11.5.